The quantitative estimate of drug-likeness (QED) is 0.511. The van der Waals surface area contributed by atoms with Gasteiger partial charge in [-0.05, 0) is 97.7 Å². The zero-order valence-corrected chi connectivity index (χ0v) is 19.5. The van der Waals surface area contributed by atoms with Gasteiger partial charge in [0, 0.05) is 11.9 Å². The lowest BCUT2D eigenvalue weighted by atomic mass is 9.88. The van der Waals surface area contributed by atoms with E-state index in [9.17, 15) is 8.60 Å². The largest absolute Gasteiger partial charge is 0.305 e. The maximum Gasteiger partial charge on any atom is 0.123 e. The van der Waals surface area contributed by atoms with Crippen LogP contribution in [0, 0.1) is 5.82 Å². The highest BCUT2D eigenvalue weighted by molar-refractivity contribution is 7.85. The summed E-state index contributed by atoms with van der Waals surface area (Å²) in [5, 5.41) is 0. The highest BCUT2D eigenvalue weighted by atomic mass is 32.2. The molecule has 2 aromatic carbocycles. The number of hydrogen-bond acceptors (Lipinski definition) is 1. The lowest BCUT2D eigenvalue weighted by molar-refractivity contribution is 0.625. The fourth-order valence-electron chi connectivity index (χ4n) is 3.55. The normalized spacial score (nSPS) is 15.9. The summed E-state index contributed by atoms with van der Waals surface area (Å²) in [6.07, 6.45) is 6.36. The van der Waals surface area contributed by atoms with E-state index < -0.39 is 11.0 Å². The van der Waals surface area contributed by atoms with Crippen molar-refractivity contribution in [1.29, 1.82) is 0 Å². The molecule has 1 aliphatic rings. The summed E-state index contributed by atoms with van der Waals surface area (Å²) in [6.45, 7) is 11.9. The van der Waals surface area contributed by atoms with Crippen LogP contribution in [0.2, 0.25) is 0 Å². The lowest BCUT2D eigenvalue weighted by Crippen LogP contribution is -2.01. The third kappa shape index (κ3) is 6.02. The van der Waals surface area contributed by atoms with Crippen LogP contribution >= 0.6 is 0 Å². The fraction of sp³-hybridized carbons (Fsp3) is 0.308. The van der Waals surface area contributed by atoms with Gasteiger partial charge in [-0.3, -0.25) is 0 Å². The second kappa shape index (κ2) is 11.1. The summed E-state index contributed by atoms with van der Waals surface area (Å²) in [6, 6.07) is 13.0. The monoisotopic (exact) mass is 425 g/mol. The van der Waals surface area contributed by atoms with E-state index in [-0.39, 0.29) is 5.82 Å². The van der Waals surface area contributed by atoms with E-state index in [4.69, 9.17) is 0 Å². The first-order valence-corrected chi connectivity index (χ1v) is 11.8. The molecule has 0 amide bonds. The summed E-state index contributed by atoms with van der Waals surface area (Å²) in [5.41, 5.74) is 8.96. The number of aryl methyl sites for hydroxylation is 1. The van der Waals surface area contributed by atoms with Gasteiger partial charge >= 0.3 is 0 Å². The summed E-state index contributed by atoms with van der Waals surface area (Å²) < 4.78 is 28.2. The molecule has 1 aliphatic carbocycles. The summed E-state index contributed by atoms with van der Waals surface area (Å²) in [4.78, 5) is 0. The van der Waals surface area contributed by atoms with Crippen molar-refractivity contribution in [2.24, 2.45) is 0 Å². The predicted octanol–water partition coefficient (Wildman–Crippen LogP) is 7.33. The molecule has 1 unspecified atom stereocenters. The molecule has 0 aromatic heterocycles. The van der Waals surface area contributed by atoms with Crippen LogP contribution in [-0.2, 0) is 17.4 Å². The van der Waals surface area contributed by atoms with Gasteiger partial charge < -0.3 is 4.72 Å². The Labute approximate surface area is 183 Å². The van der Waals surface area contributed by atoms with Crippen molar-refractivity contribution in [2.45, 2.75) is 47.0 Å². The van der Waals surface area contributed by atoms with Crippen LogP contribution in [0.25, 0.3) is 11.1 Å². The van der Waals surface area contributed by atoms with Crippen molar-refractivity contribution in [2.75, 3.05) is 11.0 Å². The minimum absolute atomic E-state index is 0.186. The third-order valence-corrected chi connectivity index (χ3v) is 5.87. The topological polar surface area (TPSA) is 29.1 Å². The van der Waals surface area contributed by atoms with Crippen LogP contribution in [0.4, 0.5) is 10.1 Å². The zero-order valence-electron chi connectivity index (χ0n) is 18.6. The summed E-state index contributed by atoms with van der Waals surface area (Å²) in [5.74, 6) is -0.186. The van der Waals surface area contributed by atoms with Crippen LogP contribution < -0.4 is 4.72 Å². The molecule has 0 spiro atoms. The molecule has 2 nitrogen and oxygen atoms in total. The molecule has 4 heteroatoms. The van der Waals surface area contributed by atoms with E-state index in [0.29, 0.717) is 0 Å². The lowest BCUT2D eigenvalue weighted by Gasteiger charge is -2.17. The minimum Gasteiger partial charge on any atom is -0.305 e. The Morgan fingerprint density at radius 2 is 1.90 bits per heavy atom. The number of hydrogen-bond donors (Lipinski definition) is 1. The Balaban J connectivity index is 0.000000735. The second-order valence-corrected chi connectivity index (χ2v) is 8.65. The highest BCUT2D eigenvalue weighted by Gasteiger charge is 2.19. The van der Waals surface area contributed by atoms with E-state index in [1.54, 1.807) is 12.3 Å². The fourth-order valence-corrected chi connectivity index (χ4v) is 4.01. The number of fused-ring (bicyclic) bond motifs is 1. The van der Waals surface area contributed by atoms with E-state index >= 15 is 0 Å². The number of nitrogens with one attached hydrogen (secondary N) is 1. The Bertz CT molecular complexity index is 1000. The molecule has 160 valence electrons. The standard InChI is InChI=1S/C22H24FNOS.C4H8/c1-14-8-9-18-12-19(23)10-11-21(18)22(15(14)2)16(3)17-6-5-7-20(13-17)24-26(4)25;1-3-4-2/h5-7,10-13,24H,8-9H2,1-4H3;3H,1,4H2,2H3/b22-16+;. The molecule has 3 rings (SSSR count). The van der Waals surface area contributed by atoms with Gasteiger partial charge in [0.05, 0.1) is 0 Å². The predicted molar refractivity (Wildman–Crippen MR) is 130 cm³/mol. The molecule has 0 heterocycles. The average Bonchev–Trinajstić information content (AvgIpc) is 2.84. The summed E-state index contributed by atoms with van der Waals surface area (Å²) >= 11 is 0. The molecule has 0 saturated carbocycles. The van der Waals surface area contributed by atoms with Crippen LogP contribution in [0.15, 0.2) is 66.3 Å². The molecular formula is C26H32FNOS. The second-order valence-electron chi connectivity index (χ2n) is 7.54. The molecule has 2 aromatic rings. The minimum atomic E-state index is -1.11. The van der Waals surface area contributed by atoms with E-state index in [1.807, 2.05) is 30.3 Å². The van der Waals surface area contributed by atoms with E-state index in [2.05, 4.69) is 45.1 Å². The number of rotatable bonds is 4. The number of benzene rings is 2. The average molecular weight is 426 g/mol. The van der Waals surface area contributed by atoms with Gasteiger partial charge in [-0.1, -0.05) is 36.8 Å². The maximum absolute atomic E-state index is 13.8. The van der Waals surface area contributed by atoms with E-state index in [0.717, 1.165) is 47.2 Å². The number of allylic oxidation sites excluding steroid dienone is 5. The van der Waals surface area contributed by atoms with Crippen molar-refractivity contribution < 1.29 is 8.60 Å². The Morgan fingerprint density at radius 1 is 1.20 bits per heavy atom. The molecule has 1 atom stereocenters. The molecule has 0 fully saturated rings. The Morgan fingerprint density at radius 3 is 2.53 bits per heavy atom. The van der Waals surface area contributed by atoms with Gasteiger partial charge in [-0.15, -0.1) is 6.58 Å². The van der Waals surface area contributed by atoms with Crippen molar-refractivity contribution in [1.82, 2.24) is 0 Å². The maximum atomic E-state index is 13.8. The summed E-state index contributed by atoms with van der Waals surface area (Å²) in [7, 11) is -1.11. The highest BCUT2D eigenvalue weighted by Crippen LogP contribution is 2.39. The first kappa shape index (κ1) is 23.8. The van der Waals surface area contributed by atoms with Gasteiger partial charge in [-0.25, -0.2) is 8.60 Å². The van der Waals surface area contributed by atoms with Crippen molar-refractivity contribution >= 4 is 27.8 Å². The molecule has 1 N–H and O–H groups in total. The van der Waals surface area contributed by atoms with Crippen molar-refractivity contribution in [3.8, 4) is 0 Å². The van der Waals surface area contributed by atoms with Gasteiger partial charge in [0.15, 0.2) is 0 Å². The van der Waals surface area contributed by atoms with Crippen LogP contribution in [-0.4, -0.2) is 10.5 Å². The van der Waals surface area contributed by atoms with Crippen LogP contribution in [0.5, 0.6) is 0 Å². The zero-order chi connectivity index (χ0) is 22.3. The van der Waals surface area contributed by atoms with Gasteiger partial charge in [0.1, 0.15) is 16.8 Å². The number of halogens is 1. The van der Waals surface area contributed by atoms with Gasteiger partial charge in [0.25, 0.3) is 0 Å². The molecule has 30 heavy (non-hydrogen) atoms. The van der Waals surface area contributed by atoms with Crippen molar-refractivity contribution in [3.05, 3.63) is 88.8 Å². The SMILES string of the molecule is C=CCC.CC1=C(C)/C(=C(/C)c2cccc(NS(C)=O)c2)c2ccc(F)cc2CC1. The number of anilines is 1. The molecule has 0 bridgehead atoms. The molecule has 0 radical (unpaired) electrons. The third-order valence-electron chi connectivity index (χ3n) is 5.34. The Kier molecular flexibility index (Phi) is 8.79. The van der Waals surface area contributed by atoms with Gasteiger partial charge in [0.2, 0.25) is 0 Å². The Hall–Kier alpha value is -2.46. The smallest absolute Gasteiger partial charge is 0.123 e. The van der Waals surface area contributed by atoms with Gasteiger partial charge in [-0.2, -0.15) is 0 Å². The molecule has 0 aliphatic heterocycles. The van der Waals surface area contributed by atoms with E-state index in [1.165, 1.54) is 22.8 Å². The first-order valence-electron chi connectivity index (χ1n) is 10.3. The first-order chi connectivity index (χ1) is 14.3. The van der Waals surface area contributed by atoms with Crippen molar-refractivity contribution in [3.63, 3.8) is 0 Å². The van der Waals surface area contributed by atoms with Crippen LogP contribution in [0.1, 0.15) is 57.2 Å². The van der Waals surface area contributed by atoms with Crippen LogP contribution in [0.3, 0.4) is 0 Å². The molecule has 0 saturated heterocycles. The molecular weight excluding hydrogens is 393 g/mol.